The van der Waals surface area contributed by atoms with E-state index in [0.29, 0.717) is 5.25 Å². The molecule has 3 heterocycles. The fourth-order valence-corrected chi connectivity index (χ4v) is 3.98. The predicted molar refractivity (Wildman–Crippen MR) is 72.8 cm³/mol. The Hall–Kier alpha value is -0.550. The maximum Gasteiger partial charge on any atom is 0.232 e. The van der Waals surface area contributed by atoms with Crippen molar-refractivity contribution < 1.29 is 4.52 Å². The van der Waals surface area contributed by atoms with E-state index in [9.17, 15) is 0 Å². The average molecular weight is 267 g/mol. The van der Waals surface area contributed by atoms with Crippen LogP contribution < -0.4 is 5.32 Å². The van der Waals surface area contributed by atoms with Crippen molar-refractivity contribution in [1.29, 1.82) is 0 Å². The normalized spacial score (nSPS) is 28.2. The second kappa shape index (κ2) is 5.21. The molecule has 0 radical (unpaired) electrons. The van der Waals surface area contributed by atoms with E-state index in [0.717, 1.165) is 37.6 Å². The molecule has 5 heteroatoms. The monoisotopic (exact) mass is 267 g/mol. The van der Waals surface area contributed by atoms with E-state index in [1.165, 1.54) is 25.0 Å². The minimum absolute atomic E-state index is 0.0792. The highest BCUT2D eigenvalue weighted by atomic mass is 32.2. The maximum absolute atomic E-state index is 5.56. The standard InChI is InChI=1S/C13H21N3OS/c1-13(5-7-14-8-6-13)12-15-11(16-17-12)10-4-2-3-9-18-10/h10,14H,2-9H2,1H3. The number of thioether (sulfide) groups is 1. The van der Waals surface area contributed by atoms with Crippen molar-refractivity contribution in [2.24, 2.45) is 0 Å². The molecule has 0 aromatic carbocycles. The summed E-state index contributed by atoms with van der Waals surface area (Å²) in [4.78, 5) is 4.70. The number of hydrogen-bond acceptors (Lipinski definition) is 5. The minimum Gasteiger partial charge on any atom is -0.339 e. The molecular formula is C13H21N3OS. The third-order valence-corrected chi connectivity index (χ3v) is 5.51. The number of hydrogen-bond donors (Lipinski definition) is 1. The van der Waals surface area contributed by atoms with E-state index in [1.54, 1.807) is 0 Å². The van der Waals surface area contributed by atoms with Crippen molar-refractivity contribution in [3.8, 4) is 0 Å². The van der Waals surface area contributed by atoms with Gasteiger partial charge in [-0.05, 0) is 44.5 Å². The van der Waals surface area contributed by atoms with Crippen LogP contribution in [0.2, 0.25) is 0 Å². The highest BCUT2D eigenvalue weighted by molar-refractivity contribution is 7.99. The van der Waals surface area contributed by atoms with Gasteiger partial charge in [0.15, 0.2) is 5.82 Å². The number of rotatable bonds is 2. The molecule has 100 valence electrons. The van der Waals surface area contributed by atoms with Crippen molar-refractivity contribution in [2.75, 3.05) is 18.8 Å². The summed E-state index contributed by atoms with van der Waals surface area (Å²) >= 11 is 1.98. The summed E-state index contributed by atoms with van der Waals surface area (Å²) in [5.41, 5.74) is 0.0792. The van der Waals surface area contributed by atoms with Crippen molar-refractivity contribution in [2.45, 2.75) is 49.7 Å². The first-order valence-corrected chi connectivity index (χ1v) is 7.99. The summed E-state index contributed by atoms with van der Waals surface area (Å²) < 4.78 is 5.56. The lowest BCUT2D eigenvalue weighted by Gasteiger charge is -2.30. The molecule has 0 bridgehead atoms. The molecule has 0 amide bonds. The van der Waals surface area contributed by atoms with E-state index < -0.39 is 0 Å². The third-order valence-electron chi connectivity index (χ3n) is 4.13. The van der Waals surface area contributed by atoms with E-state index >= 15 is 0 Å². The molecule has 3 rings (SSSR count). The van der Waals surface area contributed by atoms with Gasteiger partial charge in [0.25, 0.3) is 0 Å². The van der Waals surface area contributed by atoms with Crippen molar-refractivity contribution in [1.82, 2.24) is 15.5 Å². The summed E-state index contributed by atoms with van der Waals surface area (Å²) in [6, 6.07) is 0. The zero-order valence-electron chi connectivity index (χ0n) is 10.9. The van der Waals surface area contributed by atoms with Crippen LogP contribution in [-0.2, 0) is 5.41 Å². The average Bonchev–Trinajstić information content (AvgIpc) is 2.91. The van der Waals surface area contributed by atoms with Gasteiger partial charge in [0.1, 0.15) is 0 Å². The Morgan fingerprint density at radius 2 is 2.17 bits per heavy atom. The molecule has 2 aliphatic heterocycles. The van der Waals surface area contributed by atoms with Crippen LogP contribution >= 0.6 is 11.8 Å². The van der Waals surface area contributed by atoms with Crippen LogP contribution in [0.15, 0.2) is 4.52 Å². The maximum atomic E-state index is 5.56. The van der Waals surface area contributed by atoms with Crippen LogP contribution in [0.3, 0.4) is 0 Å². The fraction of sp³-hybridized carbons (Fsp3) is 0.846. The molecule has 0 aliphatic carbocycles. The molecule has 2 aliphatic rings. The molecule has 2 fully saturated rings. The number of piperidine rings is 1. The van der Waals surface area contributed by atoms with Crippen molar-refractivity contribution in [3.05, 3.63) is 11.7 Å². The van der Waals surface area contributed by atoms with Gasteiger partial charge >= 0.3 is 0 Å². The van der Waals surface area contributed by atoms with Gasteiger partial charge in [0, 0.05) is 5.41 Å². The topological polar surface area (TPSA) is 51.0 Å². The summed E-state index contributed by atoms with van der Waals surface area (Å²) in [5.74, 6) is 3.01. The number of nitrogens with zero attached hydrogens (tertiary/aromatic N) is 2. The molecule has 18 heavy (non-hydrogen) atoms. The largest absolute Gasteiger partial charge is 0.339 e. The van der Waals surface area contributed by atoms with E-state index in [-0.39, 0.29) is 5.41 Å². The van der Waals surface area contributed by atoms with Gasteiger partial charge in [0.05, 0.1) is 5.25 Å². The first kappa shape index (κ1) is 12.5. The number of nitrogens with one attached hydrogen (secondary N) is 1. The van der Waals surface area contributed by atoms with E-state index in [2.05, 4.69) is 17.4 Å². The Bertz CT molecular complexity index is 395. The van der Waals surface area contributed by atoms with Gasteiger partial charge in [-0.3, -0.25) is 0 Å². The molecule has 1 aromatic heterocycles. The lowest BCUT2D eigenvalue weighted by molar-refractivity contribution is 0.240. The van der Waals surface area contributed by atoms with Crippen LogP contribution in [0, 0.1) is 0 Å². The molecule has 1 atom stereocenters. The van der Waals surface area contributed by atoms with Gasteiger partial charge < -0.3 is 9.84 Å². The summed E-state index contributed by atoms with van der Waals surface area (Å²) in [6.07, 6.45) is 6.00. The zero-order chi connectivity index (χ0) is 12.4. The van der Waals surface area contributed by atoms with Crippen molar-refractivity contribution >= 4 is 11.8 Å². The molecule has 1 unspecified atom stereocenters. The Morgan fingerprint density at radius 1 is 1.33 bits per heavy atom. The smallest absolute Gasteiger partial charge is 0.232 e. The van der Waals surface area contributed by atoms with Gasteiger partial charge in [-0.15, -0.1) is 0 Å². The van der Waals surface area contributed by atoms with E-state index in [4.69, 9.17) is 9.51 Å². The SMILES string of the molecule is CC1(c2nc(C3CCCCS3)no2)CCNCC1. The molecular weight excluding hydrogens is 246 g/mol. The molecule has 1 aromatic rings. The second-order valence-electron chi connectivity index (χ2n) is 5.62. The molecule has 0 spiro atoms. The number of aromatic nitrogens is 2. The third kappa shape index (κ3) is 2.43. The molecule has 2 saturated heterocycles. The van der Waals surface area contributed by atoms with Crippen molar-refractivity contribution in [3.63, 3.8) is 0 Å². The molecule has 1 N–H and O–H groups in total. The minimum atomic E-state index is 0.0792. The first-order chi connectivity index (χ1) is 8.78. The van der Waals surface area contributed by atoms with Gasteiger partial charge in [0.2, 0.25) is 5.89 Å². The Balaban J connectivity index is 1.75. The van der Waals surface area contributed by atoms with Crippen LogP contribution in [0.1, 0.15) is 56.0 Å². The summed E-state index contributed by atoms with van der Waals surface area (Å²) in [7, 11) is 0. The zero-order valence-corrected chi connectivity index (χ0v) is 11.8. The Labute approximate surface area is 112 Å². The highest BCUT2D eigenvalue weighted by Crippen LogP contribution is 2.38. The van der Waals surface area contributed by atoms with Crippen LogP contribution in [0.5, 0.6) is 0 Å². The molecule has 4 nitrogen and oxygen atoms in total. The van der Waals surface area contributed by atoms with E-state index in [1.807, 2.05) is 11.8 Å². The lowest BCUT2D eigenvalue weighted by atomic mass is 9.81. The Morgan fingerprint density at radius 3 is 2.89 bits per heavy atom. The fourth-order valence-electron chi connectivity index (χ4n) is 2.75. The highest BCUT2D eigenvalue weighted by Gasteiger charge is 2.35. The Kier molecular flexibility index (Phi) is 3.61. The van der Waals surface area contributed by atoms with Gasteiger partial charge in [-0.2, -0.15) is 16.7 Å². The van der Waals surface area contributed by atoms with Crippen LogP contribution in [0.25, 0.3) is 0 Å². The molecule has 0 saturated carbocycles. The quantitative estimate of drug-likeness (QED) is 0.892. The predicted octanol–water partition coefficient (Wildman–Crippen LogP) is 2.67. The van der Waals surface area contributed by atoms with Gasteiger partial charge in [-0.1, -0.05) is 18.5 Å². The van der Waals surface area contributed by atoms with Crippen LogP contribution in [0.4, 0.5) is 0 Å². The van der Waals surface area contributed by atoms with Crippen LogP contribution in [-0.4, -0.2) is 29.0 Å². The summed E-state index contributed by atoms with van der Waals surface area (Å²) in [6.45, 7) is 4.35. The summed E-state index contributed by atoms with van der Waals surface area (Å²) in [5, 5.41) is 8.08. The second-order valence-corrected chi connectivity index (χ2v) is 6.93. The van der Waals surface area contributed by atoms with Gasteiger partial charge in [-0.25, -0.2) is 0 Å². The first-order valence-electron chi connectivity index (χ1n) is 6.94. The lowest BCUT2D eigenvalue weighted by Crippen LogP contribution is -2.37.